The minimum Gasteiger partial charge on any atom is -0.481 e. The molecule has 0 aliphatic carbocycles. The molecule has 1 atom stereocenters. The predicted molar refractivity (Wildman–Crippen MR) is 81.8 cm³/mol. The Kier molecular flexibility index (Phi) is 4.99. The summed E-state index contributed by atoms with van der Waals surface area (Å²) < 4.78 is 5.07. The van der Waals surface area contributed by atoms with E-state index in [9.17, 15) is 14.7 Å². The lowest BCUT2D eigenvalue weighted by molar-refractivity contribution is -0.141. The van der Waals surface area contributed by atoms with Crippen LogP contribution in [0.5, 0.6) is 0 Å². The number of carboxylic acid groups (broad SMARTS) is 1. The zero-order chi connectivity index (χ0) is 16.1. The number of carbonyl (C=O) groups excluding carboxylic acids is 1. The van der Waals surface area contributed by atoms with E-state index in [0.717, 1.165) is 11.1 Å². The van der Waals surface area contributed by atoms with Gasteiger partial charge in [-0.25, -0.2) is 0 Å². The van der Waals surface area contributed by atoms with Crippen LogP contribution in [0.1, 0.15) is 27.2 Å². The zero-order valence-electron chi connectivity index (χ0n) is 12.6. The topological polar surface area (TPSA) is 79.5 Å². The fourth-order valence-corrected chi connectivity index (χ4v) is 2.19. The molecular formula is C17H19NO4. The van der Waals surface area contributed by atoms with Gasteiger partial charge in [-0.2, -0.15) is 0 Å². The van der Waals surface area contributed by atoms with Crippen molar-refractivity contribution in [1.29, 1.82) is 0 Å². The van der Waals surface area contributed by atoms with Gasteiger partial charge >= 0.3 is 5.97 Å². The number of aryl methyl sites for hydroxylation is 2. The van der Waals surface area contributed by atoms with Crippen LogP contribution < -0.4 is 5.32 Å². The van der Waals surface area contributed by atoms with Crippen LogP contribution in [-0.4, -0.2) is 23.5 Å². The molecule has 0 aliphatic rings. The van der Waals surface area contributed by atoms with Crippen molar-refractivity contribution in [2.24, 2.45) is 5.92 Å². The third-order valence-electron chi connectivity index (χ3n) is 3.56. The number of carbonyl (C=O) groups is 2. The first-order valence-electron chi connectivity index (χ1n) is 7.08. The SMILES string of the molecule is Cc1ccc(CC(CNC(=O)c2ccoc2C)C(=O)O)cc1. The Balaban J connectivity index is 1.97. The lowest BCUT2D eigenvalue weighted by atomic mass is 9.98. The van der Waals surface area contributed by atoms with Crippen LogP contribution in [0.15, 0.2) is 41.0 Å². The highest BCUT2D eigenvalue weighted by molar-refractivity contribution is 5.95. The fraction of sp³-hybridized carbons (Fsp3) is 0.294. The lowest BCUT2D eigenvalue weighted by Crippen LogP contribution is -2.34. The molecule has 0 saturated carbocycles. The van der Waals surface area contributed by atoms with Gasteiger partial charge in [0, 0.05) is 6.54 Å². The van der Waals surface area contributed by atoms with E-state index < -0.39 is 11.9 Å². The molecule has 2 rings (SSSR count). The molecule has 0 fully saturated rings. The predicted octanol–water partition coefficient (Wildman–Crippen LogP) is 2.57. The van der Waals surface area contributed by atoms with Crippen molar-refractivity contribution in [3.05, 3.63) is 59.0 Å². The molecule has 2 aromatic rings. The molecule has 0 bridgehead atoms. The largest absolute Gasteiger partial charge is 0.481 e. The van der Waals surface area contributed by atoms with Crippen molar-refractivity contribution in [2.75, 3.05) is 6.54 Å². The number of aliphatic carboxylic acids is 1. The molecule has 1 heterocycles. The monoisotopic (exact) mass is 301 g/mol. The Morgan fingerprint density at radius 3 is 2.41 bits per heavy atom. The summed E-state index contributed by atoms with van der Waals surface area (Å²) in [7, 11) is 0. The Labute approximate surface area is 129 Å². The van der Waals surface area contributed by atoms with Gasteiger partial charge in [-0.15, -0.1) is 0 Å². The molecule has 0 radical (unpaired) electrons. The Morgan fingerprint density at radius 1 is 1.18 bits per heavy atom. The van der Waals surface area contributed by atoms with Gasteiger partial charge in [0.25, 0.3) is 5.91 Å². The fourth-order valence-electron chi connectivity index (χ4n) is 2.19. The molecule has 0 saturated heterocycles. The first-order chi connectivity index (χ1) is 10.5. The highest BCUT2D eigenvalue weighted by Gasteiger charge is 2.20. The maximum absolute atomic E-state index is 12.0. The Hall–Kier alpha value is -2.56. The van der Waals surface area contributed by atoms with Crippen LogP contribution >= 0.6 is 0 Å². The van der Waals surface area contributed by atoms with Crippen molar-refractivity contribution in [1.82, 2.24) is 5.32 Å². The summed E-state index contributed by atoms with van der Waals surface area (Å²) in [6.45, 7) is 3.74. The van der Waals surface area contributed by atoms with Crippen LogP contribution in [0.4, 0.5) is 0 Å². The number of nitrogens with one attached hydrogen (secondary N) is 1. The van der Waals surface area contributed by atoms with Gasteiger partial charge in [0.2, 0.25) is 0 Å². The van der Waals surface area contributed by atoms with E-state index in [1.807, 2.05) is 31.2 Å². The lowest BCUT2D eigenvalue weighted by Gasteiger charge is -2.13. The quantitative estimate of drug-likeness (QED) is 0.859. The van der Waals surface area contributed by atoms with E-state index in [1.165, 1.54) is 6.26 Å². The first-order valence-corrected chi connectivity index (χ1v) is 7.08. The van der Waals surface area contributed by atoms with Crippen molar-refractivity contribution in [2.45, 2.75) is 20.3 Å². The number of benzene rings is 1. The van der Waals surface area contributed by atoms with E-state index >= 15 is 0 Å². The van der Waals surface area contributed by atoms with Crippen LogP contribution in [-0.2, 0) is 11.2 Å². The van der Waals surface area contributed by atoms with Gasteiger partial charge < -0.3 is 14.8 Å². The molecule has 5 nitrogen and oxygen atoms in total. The smallest absolute Gasteiger partial charge is 0.308 e. The minimum absolute atomic E-state index is 0.0761. The van der Waals surface area contributed by atoms with Crippen molar-refractivity contribution in [3.63, 3.8) is 0 Å². The number of hydrogen-bond donors (Lipinski definition) is 2. The minimum atomic E-state index is -0.926. The van der Waals surface area contributed by atoms with E-state index in [2.05, 4.69) is 5.32 Å². The summed E-state index contributed by atoms with van der Waals surface area (Å²) >= 11 is 0. The second-order valence-electron chi connectivity index (χ2n) is 5.33. The number of rotatable bonds is 6. The highest BCUT2D eigenvalue weighted by atomic mass is 16.4. The number of amides is 1. The van der Waals surface area contributed by atoms with Crippen LogP contribution in [0.25, 0.3) is 0 Å². The van der Waals surface area contributed by atoms with Gasteiger partial charge in [0.1, 0.15) is 5.76 Å². The standard InChI is InChI=1S/C17H19NO4/c1-11-3-5-13(6-4-11)9-14(17(20)21)10-18-16(19)15-7-8-22-12(15)2/h3-8,14H,9-10H2,1-2H3,(H,18,19)(H,20,21). The highest BCUT2D eigenvalue weighted by Crippen LogP contribution is 2.12. The maximum Gasteiger partial charge on any atom is 0.308 e. The molecule has 1 aromatic carbocycles. The molecule has 2 N–H and O–H groups in total. The molecule has 1 aromatic heterocycles. The summed E-state index contributed by atoms with van der Waals surface area (Å²) in [4.78, 5) is 23.4. The van der Waals surface area contributed by atoms with Gasteiger partial charge in [-0.3, -0.25) is 9.59 Å². The second kappa shape index (κ2) is 6.93. The summed E-state index contributed by atoms with van der Waals surface area (Å²) in [6, 6.07) is 9.28. The van der Waals surface area contributed by atoms with Crippen molar-refractivity contribution in [3.8, 4) is 0 Å². The third-order valence-corrected chi connectivity index (χ3v) is 3.56. The van der Waals surface area contributed by atoms with E-state index in [-0.39, 0.29) is 12.5 Å². The maximum atomic E-state index is 12.0. The normalized spacial score (nSPS) is 11.9. The first kappa shape index (κ1) is 15.8. The molecule has 1 unspecified atom stereocenters. The molecule has 5 heteroatoms. The van der Waals surface area contributed by atoms with Gasteiger partial charge in [-0.1, -0.05) is 29.8 Å². The summed E-state index contributed by atoms with van der Waals surface area (Å²) in [5.74, 6) is -1.40. The van der Waals surface area contributed by atoms with Gasteiger partial charge in [-0.05, 0) is 31.9 Å². The summed E-state index contributed by atoms with van der Waals surface area (Å²) in [5, 5.41) is 12.0. The number of furan rings is 1. The zero-order valence-corrected chi connectivity index (χ0v) is 12.6. The van der Waals surface area contributed by atoms with E-state index in [1.54, 1.807) is 13.0 Å². The number of hydrogen-bond acceptors (Lipinski definition) is 3. The second-order valence-corrected chi connectivity index (χ2v) is 5.33. The summed E-state index contributed by atoms with van der Waals surface area (Å²) in [6.07, 6.45) is 1.81. The van der Waals surface area contributed by atoms with Gasteiger partial charge in [0.05, 0.1) is 17.7 Å². The molecule has 0 spiro atoms. The van der Waals surface area contributed by atoms with Gasteiger partial charge in [0.15, 0.2) is 0 Å². The van der Waals surface area contributed by atoms with Crippen LogP contribution in [0, 0.1) is 19.8 Å². The molecular weight excluding hydrogens is 282 g/mol. The Morgan fingerprint density at radius 2 is 1.86 bits per heavy atom. The molecule has 22 heavy (non-hydrogen) atoms. The Bertz CT molecular complexity index is 658. The molecule has 116 valence electrons. The van der Waals surface area contributed by atoms with Crippen LogP contribution in [0.2, 0.25) is 0 Å². The average Bonchev–Trinajstić information content (AvgIpc) is 2.91. The third kappa shape index (κ3) is 3.97. The summed E-state index contributed by atoms with van der Waals surface area (Å²) in [5.41, 5.74) is 2.49. The van der Waals surface area contributed by atoms with Crippen molar-refractivity contribution < 1.29 is 19.1 Å². The number of carboxylic acids is 1. The average molecular weight is 301 g/mol. The van der Waals surface area contributed by atoms with Crippen molar-refractivity contribution >= 4 is 11.9 Å². The molecule has 1 amide bonds. The van der Waals surface area contributed by atoms with E-state index in [4.69, 9.17) is 4.42 Å². The molecule has 0 aliphatic heterocycles. The van der Waals surface area contributed by atoms with E-state index in [0.29, 0.717) is 17.7 Å². The van der Waals surface area contributed by atoms with Crippen LogP contribution in [0.3, 0.4) is 0 Å².